The average molecular weight is 393 g/mol. The van der Waals surface area contributed by atoms with Gasteiger partial charge in [-0.3, -0.25) is 0 Å². The molecule has 156 valence electrons. The van der Waals surface area contributed by atoms with Crippen LogP contribution in [0.5, 0.6) is 0 Å². The van der Waals surface area contributed by atoms with Crippen LogP contribution < -0.4 is 5.73 Å². The maximum Gasteiger partial charge on any atom is 0.207 e. The molecule has 3 unspecified atom stereocenters. The van der Waals surface area contributed by atoms with Crippen molar-refractivity contribution in [1.82, 2.24) is 4.90 Å². The molecule has 0 aromatic rings. The molecular weight excluding hydrogens is 362 g/mol. The zero-order valence-electron chi connectivity index (χ0n) is 16.2. The Balaban J connectivity index is 1.31. The highest BCUT2D eigenvalue weighted by Crippen LogP contribution is 2.37. The Labute approximate surface area is 165 Å². The molecule has 4 atom stereocenters. The second kappa shape index (κ2) is 8.71. The third-order valence-corrected chi connectivity index (χ3v) is 5.98. The van der Waals surface area contributed by atoms with E-state index in [-0.39, 0.29) is 30.6 Å². The Morgan fingerprint density at radius 3 is 2.82 bits per heavy atom. The fraction of sp³-hybridized carbons (Fsp3) is 0.750. The zero-order chi connectivity index (χ0) is 19.5. The predicted octanol–water partition coefficient (Wildman–Crippen LogP) is 2.11. The minimum Gasteiger partial charge on any atom is -0.506 e. The third-order valence-electron chi connectivity index (χ3n) is 5.98. The first-order chi connectivity index (χ1) is 13.7. The van der Waals surface area contributed by atoms with Crippen LogP contribution in [-0.4, -0.2) is 59.0 Å². The number of fused-ring (bicyclic) bond motifs is 1. The summed E-state index contributed by atoms with van der Waals surface area (Å²) < 4.78 is 17.3. The molecule has 3 aliphatic heterocycles. The van der Waals surface area contributed by atoms with E-state index in [0.29, 0.717) is 12.4 Å². The standard InChI is InChI=1S/C20H31N3O5/c21-15-9-10-23(20-18(22-15)28-20)19-17(16(25)14(12-24)27-19)26-11-5-4-8-13-6-2-1-3-7-13/h9-10,13,17-20,24-25H,1-8,11-12H2,(H2,21,22)/t17?,18?,19-,20?/m1/s1. The highest BCUT2D eigenvalue weighted by atomic mass is 16.6. The average Bonchev–Trinajstić information content (AvgIpc) is 3.40. The lowest BCUT2D eigenvalue weighted by Gasteiger charge is -2.29. The van der Waals surface area contributed by atoms with Gasteiger partial charge >= 0.3 is 0 Å². The summed E-state index contributed by atoms with van der Waals surface area (Å²) in [6, 6.07) is 0. The molecule has 8 heteroatoms. The van der Waals surface area contributed by atoms with Crippen molar-refractivity contribution in [3.8, 4) is 0 Å². The first kappa shape index (κ1) is 19.5. The summed E-state index contributed by atoms with van der Waals surface area (Å²) in [5, 5.41) is 19.9. The van der Waals surface area contributed by atoms with Crippen molar-refractivity contribution in [3.05, 3.63) is 23.8 Å². The van der Waals surface area contributed by atoms with Crippen LogP contribution in [0.2, 0.25) is 0 Å². The molecule has 0 amide bonds. The summed E-state index contributed by atoms with van der Waals surface area (Å²) in [5.74, 6) is 1.33. The summed E-state index contributed by atoms with van der Waals surface area (Å²) in [4.78, 5) is 6.01. The van der Waals surface area contributed by atoms with Crippen LogP contribution in [0.15, 0.2) is 28.8 Å². The number of aliphatic hydroxyl groups is 2. The Kier molecular flexibility index (Phi) is 6.08. The van der Waals surface area contributed by atoms with Crippen molar-refractivity contribution in [2.24, 2.45) is 16.6 Å². The van der Waals surface area contributed by atoms with Crippen LogP contribution in [0.3, 0.4) is 0 Å². The Bertz CT molecular complexity index is 644. The zero-order valence-corrected chi connectivity index (χ0v) is 16.2. The molecule has 4 aliphatic rings. The summed E-state index contributed by atoms with van der Waals surface area (Å²) in [6.45, 7) is 0.153. The minimum absolute atomic E-state index is 0.0523. The van der Waals surface area contributed by atoms with E-state index in [9.17, 15) is 10.2 Å². The lowest BCUT2D eigenvalue weighted by Crippen LogP contribution is -2.43. The van der Waals surface area contributed by atoms with Crippen molar-refractivity contribution >= 4 is 5.84 Å². The van der Waals surface area contributed by atoms with Gasteiger partial charge in [0.2, 0.25) is 6.23 Å². The summed E-state index contributed by atoms with van der Waals surface area (Å²) >= 11 is 0. The molecule has 2 fully saturated rings. The third kappa shape index (κ3) is 4.29. The lowest BCUT2D eigenvalue weighted by molar-refractivity contribution is -0.0915. The SMILES string of the molecule is NC1=NC2OC2N([C@@H]2OC(CO)=C(O)C2OCCCCC2CCCCC2)C=C1. The van der Waals surface area contributed by atoms with Crippen LogP contribution >= 0.6 is 0 Å². The van der Waals surface area contributed by atoms with E-state index >= 15 is 0 Å². The molecule has 8 nitrogen and oxygen atoms in total. The van der Waals surface area contributed by atoms with Crippen molar-refractivity contribution < 1.29 is 24.4 Å². The lowest BCUT2D eigenvalue weighted by atomic mass is 9.86. The molecule has 0 aromatic carbocycles. The van der Waals surface area contributed by atoms with Crippen molar-refractivity contribution in [2.45, 2.75) is 76.2 Å². The van der Waals surface area contributed by atoms with Crippen LogP contribution in [0.1, 0.15) is 51.4 Å². The van der Waals surface area contributed by atoms with Gasteiger partial charge in [0.05, 0.1) is 0 Å². The maximum atomic E-state index is 10.5. The summed E-state index contributed by atoms with van der Waals surface area (Å²) in [5.41, 5.74) is 5.79. The van der Waals surface area contributed by atoms with Crippen molar-refractivity contribution in [1.29, 1.82) is 0 Å². The van der Waals surface area contributed by atoms with E-state index in [0.717, 1.165) is 18.8 Å². The number of unbranched alkanes of at least 4 members (excludes halogenated alkanes) is 1. The van der Waals surface area contributed by atoms with Gasteiger partial charge < -0.3 is 35.1 Å². The molecule has 0 bridgehead atoms. The molecule has 1 saturated heterocycles. The van der Waals surface area contributed by atoms with Crippen LogP contribution in [-0.2, 0) is 14.2 Å². The fourth-order valence-electron chi connectivity index (χ4n) is 4.36. The minimum atomic E-state index is -0.675. The second-order valence-electron chi connectivity index (χ2n) is 8.00. The smallest absolute Gasteiger partial charge is 0.207 e. The van der Waals surface area contributed by atoms with Gasteiger partial charge in [-0.2, -0.15) is 0 Å². The largest absolute Gasteiger partial charge is 0.506 e. The van der Waals surface area contributed by atoms with Gasteiger partial charge in [0, 0.05) is 12.8 Å². The predicted molar refractivity (Wildman–Crippen MR) is 103 cm³/mol. The highest BCUT2D eigenvalue weighted by Gasteiger charge is 2.52. The number of nitrogens with zero attached hydrogens (tertiary/aromatic N) is 2. The van der Waals surface area contributed by atoms with Gasteiger partial charge in [0.15, 0.2) is 30.1 Å². The second-order valence-corrected chi connectivity index (χ2v) is 8.00. The molecule has 0 aromatic heterocycles. The number of ether oxygens (including phenoxy) is 3. The Morgan fingerprint density at radius 1 is 1.21 bits per heavy atom. The molecule has 1 aliphatic carbocycles. The molecule has 4 N–H and O–H groups in total. The van der Waals surface area contributed by atoms with Crippen LogP contribution in [0.25, 0.3) is 0 Å². The number of rotatable bonds is 8. The van der Waals surface area contributed by atoms with Crippen LogP contribution in [0.4, 0.5) is 0 Å². The molecule has 4 rings (SSSR count). The van der Waals surface area contributed by atoms with Gasteiger partial charge in [-0.05, 0) is 18.4 Å². The van der Waals surface area contributed by atoms with E-state index in [1.54, 1.807) is 17.2 Å². The highest BCUT2D eigenvalue weighted by molar-refractivity contribution is 5.91. The molecular formula is C20H31N3O5. The molecule has 1 saturated carbocycles. The van der Waals surface area contributed by atoms with Gasteiger partial charge in [0.1, 0.15) is 12.4 Å². The van der Waals surface area contributed by atoms with E-state index in [1.165, 1.54) is 38.5 Å². The fourth-order valence-corrected chi connectivity index (χ4v) is 4.36. The van der Waals surface area contributed by atoms with E-state index in [4.69, 9.17) is 19.9 Å². The number of nitrogens with two attached hydrogens (primary N) is 1. The first-order valence-corrected chi connectivity index (χ1v) is 10.4. The monoisotopic (exact) mass is 393 g/mol. The summed E-state index contributed by atoms with van der Waals surface area (Å²) in [7, 11) is 0. The number of epoxide rings is 1. The molecule has 0 radical (unpaired) electrons. The van der Waals surface area contributed by atoms with Gasteiger partial charge in [-0.15, -0.1) is 0 Å². The topological polar surface area (TPSA) is 113 Å². The van der Waals surface area contributed by atoms with Gasteiger partial charge in [-0.25, -0.2) is 4.99 Å². The van der Waals surface area contributed by atoms with Gasteiger partial charge in [0.25, 0.3) is 0 Å². The molecule has 28 heavy (non-hydrogen) atoms. The number of hydrogen-bond donors (Lipinski definition) is 3. The van der Waals surface area contributed by atoms with Crippen LogP contribution in [0, 0.1) is 5.92 Å². The van der Waals surface area contributed by atoms with E-state index < -0.39 is 12.3 Å². The number of hydrogen-bond acceptors (Lipinski definition) is 8. The number of aliphatic imine (C=N–C) groups is 1. The Morgan fingerprint density at radius 2 is 2.04 bits per heavy atom. The normalized spacial score (nSPS) is 32.8. The van der Waals surface area contributed by atoms with Crippen molar-refractivity contribution in [2.75, 3.05) is 13.2 Å². The van der Waals surface area contributed by atoms with E-state index in [1.807, 2.05) is 0 Å². The summed E-state index contributed by atoms with van der Waals surface area (Å²) in [6.07, 6.45) is 11.6. The Hall–Kier alpha value is -1.77. The number of amidine groups is 1. The van der Waals surface area contributed by atoms with Gasteiger partial charge in [-0.1, -0.05) is 44.9 Å². The first-order valence-electron chi connectivity index (χ1n) is 10.4. The quantitative estimate of drug-likeness (QED) is 0.427. The molecule has 0 spiro atoms. The molecule has 3 heterocycles. The van der Waals surface area contributed by atoms with Crippen molar-refractivity contribution in [3.63, 3.8) is 0 Å². The van der Waals surface area contributed by atoms with E-state index in [2.05, 4.69) is 4.99 Å². The number of aliphatic hydroxyl groups excluding tert-OH is 2. The maximum absolute atomic E-state index is 10.5.